The smallest absolute Gasteiger partial charge is 0.255 e. The molecule has 2 heterocycles. The van der Waals surface area contributed by atoms with Crippen LogP contribution in [0.3, 0.4) is 0 Å². The first-order valence-electron chi connectivity index (χ1n) is 10.7. The number of benzene rings is 3. The quantitative estimate of drug-likeness (QED) is 0.374. The molecule has 1 aliphatic rings. The molecule has 0 aliphatic carbocycles. The Morgan fingerprint density at radius 3 is 2.48 bits per heavy atom. The summed E-state index contributed by atoms with van der Waals surface area (Å²) < 4.78 is 30.5. The minimum Gasteiger partial charge on any atom is -0.459 e. The molecule has 5 rings (SSSR count). The molecule has 0 bridgehead atoms. The number of fused-ring (bicyclic) bond motifs is 1. The van der Waals surface area contributed by atoms with E-state index in [4.69, 9.17) is 16.0 Å². The van der Waals surface area contributed by atoms with Gasteiger partial charge in [0, 0.05) is 22.2 Å². The fraction of sp³-hybridized carbons (Fsp3) is 0.192. The van der Waals surface area contributed by atoms with Crippen molar-refractivity contribution < 1.29 is 17.6 Å². The minimum absolute atomic E-state index is 0.0335. The average Bonchev–Trinajstić information content (AvgIpc) is 3.43. The van der Waals surface area contributed by atoms with E-state index in [9.17, 15) is 13.2 Å². The highest BCUT2D eigenvalue weighted by molar-refractivity contribution is 7.91. The van der Waals surface area contributed by atoms with E-state index in [0.29, 0.717) is 28.5 Å². The van der Waals surface area contributed by atoms with Crippen LogP contribution < -0.4 is 0 Å². The number of amides is 1. The van der Waals surface area contributed by atoms with Crippen LogP contribution in [-0.4, -0.2) is 36.8 Å². The zero-order valence-corrected chi connectivity index (χ0v) is 19.4. The van der Waals surface area contributed by atoms with E-state index in [1.807, 2.05) is 60.7 Å². The van der Waals surface area contributed by atoms with Gasteiger partial charge in [0.25, 0.3) is 5.91 Å². The highest BCUT2D eigenvalue weighted by Gasteiger charge is 2.36. The molecule has 1 atom stereocenters. The molecular weight excluding hydrogens is 458 g/mol. The van der Waals surface area contributed by atoms with Gasteiger partial charge in [0.15, 0.2) is 9.84 Å². The molecule has 0 spiro atoms. The van der Waals surface area contributed by atoms with Crippen molar-refractivity contribution in [3.63, 3.8) is 0 Å². The van der Waals surface area contributed by atoms with Crippen LogP contribution in [-0.2, 0) is 16.4 Å². The van der Waals surface area contributed by atoms with Gasteiger partial charge >= 0.3 is 0 Å². The molecule has 1 fully saturated rings. The maximum absolute atomic E-state index is 13.8. The van der Waals surface area contributed by atoms with Crippen LogP contribution in [0.25, 0.3) is 22.1 Å². The zero-order chi connectivity index (χ0) is 23.0. The number of rotatable bonds is 5. The van der Waals surface area contributed by atoms with Crippen molar-refractivity contribution in [2.45, 2.75) is 19.0 Å². The van der Waals surface area contributed by atoms with Crippen LogP contribution in [0.1, 0.15) is 22.5 Å². The molecular formula is C26H22ClNO4S. The number of carbonyl (C=O) groups excluding carboxylic acids is 1. The molecule has 33 heavy (non-hydrogen) atoms. The average molecular weight is 480 g/mol. The van der Waals surface area contributed by atoms with Gasteiger partial charge in [-0.15, -0.1) is 0 Å². The van der Waals surface area contributed by atoms with E-state index < -0.39 is 15.9 Å². The van der Waals surface area contributed by atoms with Gasteiger partial charge < -0.3 is 9.32 Å². The number of hydrogen-bond donors (Lipinski definition) is 0. The number of halogens is 1. The van der Waals surface area contributed by atoms with Gasteiger partial charge in [-0.2, -0.15) is 0 Å². The van der Waals surface area contributed by atoms with Gasteiger partial charge in [-0.3, -0.25) is 4.79 Å². The lowest BCUT2D eigenvalue weighted by Crippen LogP contribution is -2.40. The fourth-order valence-corrected chi connectivity index (χ4v) is 6.21. The zero-order valence-electron chi connectivity index (χ0n) is 17.8. The summed E-state index contributed by atoms with van der Waals surface area (Å²) in [7, 11) is -3.17. The van der Waals surface area contributed by atoms with Crippen LogP contribution in [0.2, 0.25) is 5.02 Å². The highest BCUT2D eigenvalue weighted by atomic mass is 35.5. The molecule has 0 saturated carbocycles. The largest absolute Gasteiger partial charge is 0.459 e. The standard InChI is InChI=1S/C26H22ClNO4S/c27-20-10-8-19(9-11-20)25-13-12-22(32-25)16-28(21-14-15-33(30,31)17-21)26(29)24-7-3-5-18-4-1-2-6-23(18)24/h1-13,21H,14-17H2. The third-order valence-corrected chi connectivity index (χ3v) is 8.05. The van der Waals surface area contributed by atoms with Crippen LogP contribution in [0.15, 0.2) is 83.3 Å². The fourth-order valence-electron chi connectivity index (χ4n) is 4.35. The van der Waals surface area contributed by atoms with Crippen molar-refractivity contribution in [1.82, 2.24) is 4.90 Å². The van der Waals surface area contributed by atoms with Crippen molar-refractivity contribution in [2.75, 3.05) is 11.5 Å². The molecule has 1 aliphatic heterocycles. The summed E-state index contributed by atoms with van der Waals surface area (Å²) in [5.74, 6) is 1.12. The monoisotopic (exact) mass is 479 g/mol. The van der Waals surface area contributed by atoms with Gasteiger partial charge in [0.2, 0.25) is 0 Å². The molecule has 0 N–H and O–H groups in total. The summed E-state index contributed by atoms with van der Waals surface area (Å²) in [5, 5.41) is 2.45. The molecule has 1 amide bonds. The van der Waals surface area contributed by atoms with Crippen LogP contribution >= 0.6 is 11.6 Å². The van der Waals surface area contributed by atoms with Gasteiger partial charge in [-0.1, -0.05) is 48.0 Å². The normalized spacial score (nSPS) is 17.3. The molecule has 1 unspecified atom stereocenters. The Morgan fingerprint density at radius 1 is 0.970 bits per heavy atom. The second-order valence-corrected chi connectivity index (χ2v) is 11.0. The Kier molecular flexibility index (Phi) is 5.72. The predicted molar refractivity (Wildman–Crippen MR) is 130 cm³/mol. The number of sulfone groups is 1. The second-order valence-electron chi connectivity index (χ2n) is 8.29. The Bertz CT molecular complexity index is 1420. The minimum atomic E-state index is -3.17. The Labute approximate surface area is 197 Å². The lowest BCUT2D eigenvalue weighted by atomic mass is 10.0. The van der Waals surface area contributed by atoms with Crippen molar-refractivity contribution in [1.29, 1.82) is 0 Å². The SMILES string of the molecule is O=C(c1cccc2ccccc12)N(Cc1ccc(-c2ccc(Cl)cc2)o1)C1CCS(=O)(=O)C1. The molecule has 1 aromatic heterocycles. The predicted octanol–water partition coefficient (Wildman–Crippen LogP) is 5.58. The number of hydrogen-bond acceptors (Lipinski definition) is 4. The van der Waals surface area contributed by atoms with Gasteiger partial charge in [0.1, 0.15) is 11.5 Å². The summed E-state index contributed by atoms with van der Waals surface area (Å²) in [6.45, 7) is 0.190. The van der Waals surface area contributed by atoms with Crippen LogP contribution in [0.4, 0.5) is 0 Å². The topological polar surface area (TPSA) is 67.6 Å². The van der Waals surface area contributed by atoms with Crippen LogP contribution in [0.5, 0.6) is 0 Å². The van der Waals surface area contributed by atoms with E-state index in [1.165, 1.54) is 0 Å². The molecule has 4 aromatic rings. The van der Waals surface area contributed by atoms with Crippen molar-refractivity contribution >= 4 is 38.1 Å². The summed E-state index contributed by atoms with van der Waals surface area (Å²) in [5.41, 5.74) is 1.43. The highest BCUT2D eigenvalue weighted by Crippen LogP contribution is 2.28. The Balaban J connectivity index is 1.49. The van der Waals surface area contributed by atoms with Crippen molar-refractivity contribution in [3.05, 3.63) is 95.2 Å². The number of furan rings is 1. The molecule has 168 valence electrons. The van der Waals surface area contributed by atoms with E-state index in [2.05, 4.69) is 0 Å². The molecule has 5 nitrogen and oxygen atoms in total. The van der Waals surface area contributed by atoms with Gasteiger partial charge in [-0.05, 0) is 59.7 Å². The maximum atomic E-state index is 13.8. The first-order valence-corrected chi connectivity index (χ1v) is 12.9. The summed E-state index contributed by atoms with van der Waals surface area (Å²) in [6, 6.07) is 23.9. The second kappa shape index (κ2) is 8.69. The maximum Gasteiger partial charge on any atom is 0.255 e. The lowest BCUT2D eigenvalue weighted by Gasteiger charge is -2.28. The molecule has 0 radical (unpaired) electrons. The number of carbonyl (C=O) groups is 1. The first kappa shape index (κ1) is 21.7. The first-order chi connectivity index (χ1) is 15.9. The summed E-state index contributed by atoms with van der Waals surface area (Å²) in [6.07, 6.45) is 0.420. The van der Waals surface area contributed by atoms with Gasteiger partial charge in [-0.25, -0.2) is 8.42 Å². The molecule has 7 heteroatoms. The van der Waals surface area contributed by atoms with E-state index in [-0.39, 0.29) is 24.0 Å². The van der Waals surface area contributed by atoms with E-state index >= 15 is 0 Å². The Morgan fingerprint density at radius 2 is 1.73 bits per heavy atom. The summed E-state index contributed by atoms with van der Waals surface area (Å²) in [4.78, 5) is 15.4. The Hall–Kier alpha value is -3.09. The molecule has 1 saturated heterocycles. The van der Waals surface area contributed by atoms with Gasteiger partial charge in [0.05, 0.1) is 18.1 Å². The number of nitrogens with zero attached hydrogens (tertiary/aromatic N) is 1. The van der Waals surface area contributed by atoms with Crippen LogP contribution in [0, 0.1) is 0 Å². The van der Waals surface area contributed by atoms with E-state index in [0.717, 1.165) is 16.3 Å². The van der Waals surface area contributed by atoms with Crippen molar-refractivity contribution in [3.8, 4) is 11.3 Å². The third kappa shape index (κ3) is 4.54. The third-order valence-electron chi connectivity index (χ3n) is 6.05. The molecule has 3 aromatic carbocycles. The van der Waals surface area contributed by atoms with Crippen molar-refractivity contribution in [2.24, 2.45) is 0 Å². The lowest BCUT2D eigenvalue weighted by molar-refractivity contribution is 0.0668. The van der Waals surface area contributed by atoms with E-state index in [1.54, 1.807) is 23.1 Å². The summed E-state index contributed by atoms with van der Waals surface area (Å²) >= 11 is 5.98.